The van der Waals surface area contributed by atoms with E-state index in [9.17, 15) is 9.18 Å². The molecule has 18 heavy (non-hydrogen) atoms. The van der Waals surface area contributed by atoms with Gasteiger partial charge in [0.2, 0.25) is 5.24 Å². The van der Waals surface area contributed by atoms with Crippen LogP contribution in [0.4, 0.5) is 4.39 Å². The van der Waals surface area contributed by atoms with Gasteiger partial charge in [-0.2, -0.15) is 0 Å². The number of allylic oxidation sites excluding steroid dienone is 1. The largest absolute Gasteiger partial charge is 0.276 e. The summed E-state index contributed by atoms with van der Waals surface area (Å²) in [5.74, 6) is -0.316. The molecular formula is C14H9ClFNO. The van der Waals surface area contributed by atoms with E-state index >= 15 is 0 Å². The Bertz CT molecular complexity index is 593. The quantitative estimate of drug-likeness (QED) is 0.623. The molecule has 0 aliphatic rings. The van der Waals surface area contributed by atoms with Gasteiger partial charge in [0.25, 0.3) is 0 Å². The summed E-state index contributed by atoms with van der Waals surface area (Å²) >= 11 is 5.18. The zero-order valence-electron chi connectivity index (χ0n) is 9.31. The summed E-state index contributed by atoms with van der Waals surface area (Å²) in [6, 6.07) is 9.86. The minimum atomic E-state index is -0.548. The van der Waals surface area contributed by atoms with Crippen molar-refractivity contribution in [1.82, 2.24) is 4.98 Å². The number of halogens is 2. The average Bonchev–Trinajstić information content (AvgIpc) is 2.38. The van der Waals surface area contributed by atoms with E-state index in [2.05, 4.69) is 4.98 Å². The van der Waals surface area contributed by atoms with Crippen molar-refractivity contribution < 1.29 is 9.18 Å². The Balaban J connectivity index is 2.28. The van der Waals surface area contributed by atoms with Crippen LogP contribution >= 0.6 is 11.6 Å². The minimum absolute atomic E-state index is 0.316. The second-order valence-electron chi connectivity index (χ2n) is 3.59. The van der Waals surface area contributed by atoms with Crippen LogP contribution < -0.4 is 0 Å². The fourth-order valence-corrected chi connectivity index (χ4v) is 1.56. The van der Waals surface area contributed by atoms with Crippen LogP contribution in [0.2, 0.25) is 0 Å². The van der Waals surface area contributed by atoms with Gasteiger partial charge in [-0.1, -0.05) is 18.2 Å². The lowest BCUT2D eigenvalue weighted by Crippen LogP contribution is -1.87. The number of hydrogen-bond acceptors (Lipinski definition) is 2. The molecule has 1 aromatic heterocycles. The third kappa shape index (κ3) is 3.02. The lowest BCUT2D eigenvalue weighted by molar-refractivity contribution is -0.107. The molecule has 0 saturated heterocycles. The van der Waals surface area contributed by atoms with Crippen molar-refractivity contribution in [1.29, 1.82) is 0 Å². The highest BCUT2D eigenvalue weighted by Gasteiger charge is 2.04. The van der Waals surface area contributed by atoms with E-state index in [4.69, 9.17) is 11.6 Å². The van der Waals surface area contributed by atoms with Crippen molar-refractivity contribution in [2.24, 2.45) is 0 Å². The van der Waals surface area contributed by atoms with Crippen molar-refractivity contribution >= 4 is 22.9 Å². The van der Waals surface area contributed by atoms with Crippen LogP contribution in [0.5, 0.6) is 0 Å². The fourth-order valence-electron chi connectivity index (χ4n) is 1.49. The number of pyridine rings is 1. The summed E-state index contributed by atoms with van der Waals surface area (Å²) in [5.41, 5.74) is 1.72. The summed E-state index contributed by atoms with van der Waals surface area (Å²) in [4.78, 5) is 14.7. The highest BCUT2D eigenvalue weighted by Crippen LogP contribution is 2.20. The summed E-state index contributed by atoms with van der Waals surface area (Å²) in [5, 5.41) is -0.548. The number of nitrogens with zero attached hydrogens (tertiary/aromatic N) is 1. The summed E-state index contributed by atoms with van der Waals surface area (Å²) in [7, 11) is 0. The molecule has 0 radical (unpaired) electrons. The van der Waals surface area contributed by atoms with Crippen LogP contribution in [0.1, 0.15) is 5.56 Å². The monoisotopic (exact) mass is 261 g/mol. The minimum Gasteiger partial charge on any atom is -0.276 e. The molecule has 1 aromatic carbocycles. The molecule has 2 nitrogen and oxygen atoms in total. The van der Waals surface area contributed by atoms with Gasteiger partial charge in [-0.3, -0.25) is 9.78 Å². The van der Waals surface area contributed by atoms with Gasteiger partial charge in [0, 0.05) is 11.8 Å². The maximum Gasteiger partial charge on any atom is 0.245 e. The third-order valence-corrected chi connectivity index (χ3v) is 2.47. The summed E-state index contributed by atoms with van der Waals surface area (Å²) < 4.78 is 13.5. The molecule has 0 fully saturated rings. The maximum absolute atomic E-state index is 13.5. The SMILES string of the molecule is O=C(Cl)/C=C/c1ccc(-c2ccccc2F)nc1. The van der Waals surface area contributed by atoms with Crippen LogP contribution in [0.15, 0.2) is 48.7 Å². The second kappa shape index (κ2) is 5.56. The first kappa shape index (κ1) is 12.5. The topological polar surface area (TPSA) is 30.0 Å². The molecule has 0 aliphatic heterocycles. The standard InChI is InChI=1S/C14H9ClFNO/c15-14(18)8-6-10-5-7-13(17-9-10)11-3-1-2-4-12(11)16/h1-9H/b8-6+. The highest BCUT2D eigenvalue weighted by molar-refractivity contribution is 6.66. The van der Waals surface area contributed by atoms with Crippen molar-refractivity contribution in [3.8, 4) is 11.3 Å². The molecule has 2 aromatic rings. The fraction of sp³-hybridized carbons (Fsp3) is 0. The van der Waals surface area contributed by atoms with Gasteiger partial charge in [-0.25, -0.2) is 4.39 Å². The molecule has 0 spiro atoms. The first-order valence-electron chi connectivity index (χ1n) is 5.25. The number of benzene rings is 1. The Morgan fingerprint density at radius 1 is 1.22 bits per heavy atom. The molecular weight excluding hydrogens is 253 g/mol. The Labute approximate surface area is 109 Å². The Hall–Kier alpha value is -2.00. The van der Waals surface area contributed by atoms with Gasteiger partial charge < -0.3 is 0 Å². The molecule has 1 heterocycles. The molecule has 0 amide bonds. The smallest absolute Gasteiger partial charge is 0.245 e. The summed E-state index contributed by atoms with van der Waals surface area (Å²) in [6.07, 6.45) is 4.34. The van der Waals surface area contributed by atoms with Crippen LogP contribution in [0.25, 0.3) is 17.3 Å². The molecule has 0 N–H and O–H groups in total. The normalized spacial score (nSPS) is 10.8. The van der Waals surface area contributed by atoms with Crippen molar-refractivity contribution in [2.45, 2.75) is 0 Å². The van der Waals surface area contributed by atoms with E-state index in [0.29, 0.717) is 11.3 Å². The van der Waals surface area contributed by atoms with Gasteiger partial charge in [-0.05, 0) is 47.5 Å². The van der Waals surface area contributed by atoms with E-state index in [1.807, 2.05) is 0 Å². The number of rotatable bonds is 3. The molecule has 0 unspecified atom stereocenters. The maximum atomic E-state index is 13.5. The lowest BCUT2D eigenvalue weighted by Gasteiger charge is -2.02. The number of aromatic nitrogens is 1. The van der Waals surface area contributed by atoms with Crippen LogP contribution in [0, 0.1) is 5.82 Å². The highest BCUT2D eigenvalue weighted by atomic mass is 35.5. The predicted molar refractivity (Wildman–Crippen MR) is 69.5 cm³/mol. The van der Waals surface area contributed by atoms with E-state index in [1.54, 1.807) is 42.6 Å². The van der Waals surface area contributed by atoms with Gasteiger partial charge in [0.15, 0.2) is 0 Å². The first-order chi connectivity index (χ1) is 8.66. The van der Waals surface area contributed by atoms with E-state index in [1.165, 1.54) is 12.1 Å². The number of hydrogen-bond donors (Lipinski definition) is 0. The third-order valence-electron chi connectivity index (χ3n) is 2.34. The van der Waals surface area contributed by atoms with Crippen molar-refractivity contribution in [3.05, 3.63) is 60.1 Å². The van der Waals surface area contributed by atoms with Gasteiger partial charge in [0.05, 0.1) is 5.69 Å². The molecule has 90 valence electrons. The van der Waals surface area contributed by atoms with Crippen LogP contribution in [0.3, 0.4) is 0 Å². The predicted octanol–water partition coefficient (Wildman–Crippen LogP) is 3.67. The van der Waals surface area contributed by atoms with Gasteiger partial charge in [-0.15, -0.1) is 0 Å². The molecule has 0 bridgehead atoms. The molecule has 0 atom stereocenters. The number of carbonyl (C=O) groups excluding carboxylic acids is 1. The Morgan fingerprint density at radius 3 is 2.61 bits per heavy atom. The zero-order chi connectivity index (χ0) is 13.0. The Kier molecular flexibility index (Phi) is 3.85. The summed E-state index contributed by atoms with van der Waals surface area (Å²) in [6.45, 7) is 0. The van der Waals surface area contributed by atoms with Crippen LogP contribution in [-0.2, 0) is 4.79 Å². The lowest BCUT2D eigenvalue weighted by atomic mass is 10.1. The average molecular weight is 262 g/mol. The van der Waals surface area contributed by atoms with Gasteiger partial charge in [0.1, 0.15) is 5.82 Å². The van der Waals surface area contributed by atoms with E-state index in [-0.39, 0.29) is 5.82 Å². The number of carbonyl (C=O) groups is 1. The van der Waals surface area contributed by atoms with Crippen molar-refractivity contribution in [2.75, 3.05) is 0 Å². The second-order valence-corrected chi connectivity index (χ2v) is 3.97. The molecule has 2 rings (SSSR count). The molecule has 0 aliphatic carbocycles. The van der Waals surface area contributed by atoms with E-state index < -0.39 is 5.24 Å². The first-order valence-corrected chi connectivity index (χ1v) is 5.63. The molecule has 4 heteroatoms. The molecule has 0 saturated carbocycles. The Morgan fingerprint density at radius 2 is 2.00 bits per heavy atom. The zero-order valence-corrected chi connectivity index (χ0v) is 10.1. The van der Waals surface area contributed by atoms with Gasteiger partial charge >= 0.3 is 0 Å². The van der Waals surface area contributed by atoms with Crippen molar-refractivity contribution in [3.63, 3.8) is 0 Å². The van der Waals surface area contributed by atoms with E-state index in [0.717, 1.165) is 5.56 Å². The van der Waals surface area contributed by atoms with Crippen LogP contribution in [-0.4, -0.2) is 10.2 Å².